The van der Waals surface area contributed by atoms with Crippen LogP contribution in [-0.2, 0) is 0 Å². The number of aliphatic hydroxyl groups excluding tert-OH is 1. The molecule has 0 aromatic heterocycles. The average molecular weight is 306 g/mol. The molecule has 0 heterocycles. The summed E-state index contributed by atoms with van der Waals surface area (Å²) in [5, 5.41) is 36.5. The normalized spacial score (nSPS) is 7.80. The van der Waals surface area contributed by atoms with E-state index in [4.69, 9.17) is 5.11 Å². The van der Waals surface area contributed by atoms with Gasteiger partial charge in [-0.05, 0) is 6.42 Å². The first-order valence-electron chi connectivity index (χ1n) is 7.51. The van der Waals surface area contributed by atoms with Crippen LogP contribution in [0.1, 0.15) is 72.6 Å². The third-order valence-electron chi connectivity index (χ3n) is 1.72. The van der Waals surface area contributed by atoms with Crippen LogP contribution in [0.3, 0.4) is 0 Å². The zero-order valence-corrected chi connectivity index (χ0v) is 15.2. The SMILES string of the molecule is CCCC[O-].CCCC[O-].CCCC[O-].CCCO.[Al+3]. The van der Waals surface area contributed by atoms with Gasteiger partial charge in [0, 0.05) is 6.61 Å². The van der Waals surface area contributed by atoms with Crippen LogP contribution in [0, 0.1) is 0 Å². The second-order valence-corrected chi connectivity index (χ2v) is 3.90. The van der Waals surface area contributed by atoms with Gasteiger partial charge in [-0.1, -0.05) is 66.2 Å². The van der Waals surface area contributed by atoms with Crippen molar-refractivity contribution in [3.63, 3.8) is 0 Å². The van der Waals surface area contributed by atoms with Crippen molar-refractivity contribution < 1.29 is 20.4 Å². The molecule has 0 fully saturated rings. The maximum atomic E-state index is 9.53. The van der Waals surface area contributed by atoms with Gasteiger partial charge in [0.05, 0.1) is 0 Å². The van der Waals surface area contributed by atoms with Crippen molar-refractivity contribution in [1.82, 2.24) is 0 Å². The molecule has 20 heavy (non-hydrogen) atoms. The molecule has 4 nitrogen and oxygen atoms in total. The molecule has 0 unspecified atom stereocenters. The molecule has 122 valence electrons. The van der Waals surface area contributed by atoms with Crippen molar-refractivity contribution in [2.24, 2.45) is 0 Å². The Kier molecular flexibility index (Phi) is 81.8. The monoisotopic (exact) mass is 306 g/mol. The van der Waals surface area contributed by atoms with Crippen LogP contribution in [0.25, 0.3) is 0 Å². The first-order chi connectivity index (χ1) is 9.16. The number of aliphatic hydroxyl groups is 1. The van der Waals surface area contributed by atoms with Crippen LogP contribution in [0.15, 0.2) is 0 Å². The number of hydrogen-bond acceptors (Lipinski definition) is 4. The molecule has 0 amide bonds. The second-order valence-electron chi connectivity index (χ2n) is 3.90. The number of unbranched alkanes of at least 4 members (excludes halogenated alkanes) is 3. The Balaban J connectivity index is -0.0000000494. The van der Waals surface area contributed by atoms with Gasteiger partial charge in [0.1, 0.15) is 0 Å². The van der Waals surface area contributed by atoms with Crippen molar-refractivity contribution in [3.8, 4) is 0 Å². The molecule has 0 atom stereocenters. The van der Waals surface area contributed by atoms with E-state index < -0.39 is 0 Å². The van der Waals surface area contributed by atoms with E-state index in [1.807, 2.05) is 27.7 Å². The first kappa shape index (κ1) is 32.4. The molecule has 0 aromatic carbocycles. The summed E-state index contributed by atoms with van der Waals surface area (Å²) in [7, 11) is 0. The second kappa shape index (κ2) is 50.6. The third kappa shape index (κ3) is 102. The molecule has 0 radical (unpaired) electrons. The van der Waals surface area contributed by atoms with E-state index in [2.05, 4.69) is 0 Å². The molecule has 0 aliphatic heterocycles. The van der Waals surface area contributed by atoms with Crippen LogP contribution >= 0.6 is 0 Å². The summed E-state index contributed by atoms with van der Waals surface area (Å²) in [6, 6.07) is 0. The molecule has 1 N–H and O–H groups in total. The van der Waals surface area contributed by atoms with E-state index >= 15 is 0 Å². The van der Waals surface area contributed by atoms with Gasteiger partial charge in [0.15, 0.2) is 0 Å². The van der Waals surface area contributed by atoms with E-state index in [-0.39, 0.29) is 37.2 Å². The minimum absolute atomic E-state index is 0. The van der Waals surface area contributed by atoms with Crippen LogP contribution < -0.4 is 15.3 Å². The Morgan fingerprint density at radius 2 is 0.800 bits per heavy atom. The van der Waals surface area contributed by atoms with E-state index in [1.165, 1.54) is 0 Å². The van der Waals surface area contributed by atoms with Crippen LogP contribution in [0.4, 0.5) is 0 Å². The smallest absolute Gasteiger partial charge is 0.854 e. The molecule has 0 saturated heterocycles. The van der Waals surface area contributed by atoms with Gasteiger partial charge in [0.2, 0.25) is 0 Å². The van der Waals surface area contributed by atoms with Crippen LogP contribution in [-0.4, -0.2) is 48.9 Å². The molecule has 0 aliphatic rings. The summed E-state index contributed by atoms with van der Waals surface area (Å²) in [5.41, 5.74) is 0. The zero-order chi connectivity index (χ0) is 15.8. The van der Waals surface area contributed by atoms with Gasteiger partial charge in [-0.3, -0.25) is 0 Å². The molecule has 0 aliphatic carbocycles. The molecule has 0 saturated carbocycles. The van der Waals surface area contributed by atoms with Crippen molar-refractivity contribution in [1.29, 1.82) is 0 Å². The quantitative estimate of drug-likeness (QED) is 0.691. The Bertz CT molecular complexity index is 73.7. The predicted octanol–water partition coefficient (Wildman–Crippen LogP) is 0.448. The summed E-state index contributed by atoms with van der Waals surface area (Å²) in [6.07, 6.45) is 6.47. The molecular weight excluding hydrogens is 271 g/mol. The van der Waals surface area contributed by atoms with Gasteiger partial charge < -0.3 is 20.4 Å². The molecule has 0 aromatic rings. The topological polar surface area (TPSA) is 89.4 Å². The standard InChI is InChI=1S/3C4H9O.C3H8O.Al/c3*1-2-3-4-5;1-2-3-4;/h3*2-4H2,1H3;4H,2-3H2,1H3;/q3*-1;;+3. The summed E-state index contributed by atoms with van der Waals surface area (Å²) in [6.45, 7) is 8.57. The first-order valence-corrected chi connectivity index (χ1v) is 7.51. The Labute approximate surface area is 137 Å². The minimum atomic E-state index is 0. The van der Waals surface area contributed by atoms with E-state index in [0.29, 0.717) is 6.61 Å². The maximum Gasteiger partial charge on any atom is 3.00 e. The number of hydrogen-bond donors (Lipinski definition) is 1. The Morgan fingerprint density at radius 3 is 0.800 bits per heavy atom. The van der Waals surface area contributed by atoms with Gasteiger partial charge in [0.25, 0.3) is 0 Å². The van der Waals surface area contributed by atoms with Gasteiger partial charge >= 0.3 is 17.4 Å². The molecule has 0 rings (SSSR count). The Morgan fingerprint density at radius 1 is 0.600 bits per heavy atom. The average Bonchev–Trinajstić information content (AvgIpc) is 2.43. The van der Waals surface area contributed by atoms with Crippen molar-refractivity contribution >= 4 is 17.4 Å². The Hall–Kier alpha value is 0.372. The zero-order valence-electron chi connectivity index (χ0n) is 14.0. The maximum absolute atomic E-state index is 9.53. The van der Waals surface area contributed by atoms with Crippen molar-refractivity contribution in [2.75, 3.05) is 26.4 Å². The molecule has 5 heteroatoms. The number of rotatable bonds is 7. The summed E-state index contributed by atoms with van der Waals surface area (Å²) >= 11 is 0. The summed E-state index contributed by atoms with van der Waals surface area (Å²) in [4.78, 5) is 0. The fourth-order valence-corrected chi connectivity index (χ4v) is 0.433. The molecule has 0 spiro atoms. The van der Waals surface area contributed by atoms with Gasteiger partial charge in [-0.25, -0.2) is 0 Å². The van der Waals surface area contributed by atoms with E-state index in [0.717, 1.165) is 44.9 Å². The molecular formula is C15H35AlO4. The fourth-order valence-electron chi connectivity index (χ4n) is 0.433. The van der Waals surface area contributed by atoms with Crippen molar-refractivity contribution in [3.05, 3.63) is 0 Å². The largest absolute Gasteiger partial charge is 3.00 e. The third-order valence-corrected chi connectivity index (χ3v) is 1.72. The van der Waals surface area contributed by atoms with Crippen LogP contribution in [0.2, 0.25) is 0 Å². The summed E-state index contributed by atoms with van der Waals surface area (Å²) < 4.78 is 0. The van der Waals surface area contributed by atoms with E-state index in [1.54, 1.807) is 0 Å². The van der Waals surface area contributed by atoms with Crippen molar-refractivity contribution in [2.45, 2.75) is 72.6 Å². The fraction of sp³-hybridized carbons (Fsp3) is 1.00. The predicted molar refractivity (Wildman–Crippen MR) is 82.5 cm³/mol. The van der Waals surface area contributed by atoms with E-state index in [9.17, 15) is 15.3 Å². The summed E-state index contributed by atoms with van der Waals surface area (Å²) in [5.74, 6) is 0. The van der Waals surface area contributed by atoms with Crippen LogP contribution in [0.5, 0.6) is 0 Å². The molecule has 0 bridgehead atoms. The minimum Gasteiger partial charge on any atom is -0.854 e. The van der Waals surface area contributed by atoms with Gasteiger partial charge in [-0.2, -0.15) is 0 Å². The van der Waals surface area contributed by atoms with Gasteiger partial charge in [-0.15, -0.1) is 19.8 Å².